The molecular formula is C13H20Cl2N2OS. The van der Waals surface area contributed by atoms with Crippen LogP contribution in [0.5, 0.6) is 0 Å². The largest absolute Gasteiger partial charge is 0.354 e. The molecule has 0 saturated heterocycles. The number of carbonyl (C=O) groups is 1. The van der Waals surface area contributed by atoms with Gasteiger partial charge in [-0.2, -0.15) is 0 Å². The van der Waals surface area contributed by atoms with E-state index in [0.717, 1.165) is 29.4 Å². The molecule has 0 saturated carbocycles. The van der Waals surface area contributed by atoms with Crippen molar-refractivity contribution < 1.29 is 4.79 Å². The van der Waals surface area contributed by atoms with Gasteiger partial charge in [-0.25, -0.2) is 0 Å². The van der Waals surface area contributed by atoms with Crippen LogP contribution in [0.15, 0.2) is 24.3 Å². The zero-order valence-corrected chi connectivity index (χ0v) is 13.3. The van der Waals surface area contributed by atoms with E-state index in [0.29, 0.717) is 12.3 Å². The Bertz CT molecular complexity index is 377. The lowest BCUT2D eigenvalue weighted by molar-refractivity contribution is -0.118. The van der Waals surface area contributed by atoms with Crippen molar-refractivity contribution in [3.8, 4) is 0 Å². The highest BCUT2D eigenvalue weighted by Crippen LogP contribution is 2.16. The third kappa shape index (κ3) is 9.16. The molecule has 0 aliphatic rings. The third-order valence-electron chi connectivity index (χ3n) is 2.26. The first-order chi connectivity index (χ1) is 8.72. The van der Waals surface area contributed by atoms with Crippen molar-refractivity contribution in [3.05, 3.63) is 34.9 Å². The van der Waals surface area contributed by atoms with Crippen molar-refractivity contribution in [2.75, 3.05) is 25.4 Å². The predicted octanol–water partition coefficient (Wildman–Crippen LogP) is 2.72. The van der Waals surface area contributed by atoms with Gasteiger partial charge >= 0.3 is 0 Å². The van der Waals surface area contributed by atoms with E-state index in [-0.39, 0.29) is 18.3 Å². The molecule has 0 heterocycles. The van der Waals surface area contributed by atoms with Crippen molar-refractivity contribution in [2.45, 2.75) is 12.7 Å². The Morgan fingerprint density at radius 3 is 2.84 bits per heavy atom. The molecule has 0 bridgehead atoms. The first kappa shape index (κ1) is 18.6. The average molecular weight is 323 g/mol. The fraction of sp³-hybridized carbons (Fsp3) is 0.462. The molecule has 6 heteroatoms. The maximum atomic E-state index is 11.5. The molecule has 3 nitrogen and oxygen atoms in total. The second-order valence-corrected chi connectivity index (χ2v) is 5.25. The summed E-state index contributed by atoms with van der Waals surface area (Å²) in [6.07, 6.45) is 0. The number of benzene rings is 1. The molecule has 0 spiro atoms. The molecule has 19 heavy (non-hydrogen) atoms. The first-order valence-electron chi connectivity index (χ1n) is 6.02. The van der Waals surface area contributed by atoms with Gasteiger partial charge in [0.25, 0.3) is 0 Å². The number of hydrogen-bond donors (Lipinski definition) is 2. The molecule has 1 aromatic rings. The highest BCUT2D eigenvalue weighted by atomic mass is 35.5. The lowest BCUT2D eigenvalue weighted by Crippen LogP contribution is -2.32. The average Bonchev–Trinajstić information content (AvgIpc) is 2.35. The Labute approximate surface area is 130 Å². The van der Waals surface area contributed by atoms with Crippen molar-refractivity contribution in [3.63, 3.8) is 0 Å². The van der Waals surface area contributed by atoms with Gasteiger partial charge in [0.2, 0.25) is 5.91 Å². The van der Waals surface area contributed by atoms with Gasteiger partial charge in [0.05, 0.1) is 5.75 Å². The summed E-state index contributed by atoms with van der Waals surface area (Å²) in [7, 11) is 0. The number of amides is 1. The molecule has 0 aliphatic carbocycles. The maximum absolute atomic E-state index is 11.5. The van der Waals surface area contributed by atoms with E-state index < -0.39 is 0 Å². The number of hydrogen-bond acceptors (Lipinski definition) is 3. The van der Waals surface area contributed by atoms with Crippen LogP contribution in [-0.2, 0) is 10.5 Å². The minimum Gasteiger partial charge on any atom is -0.354 e. The van der Waals surface area contributed by atoms with E-state index in [9.17, 15) is 4.79 Å². The number of carbonyl (C=O) groups excluding carboxylic acids is 1. The second-order valence-electron chi connectivity index (χ2n) is 3.83. The highest BCUT2D eigenvalue weighted by Gasteiger charge is 2.01. The highest BCUT2D eigenvalue weighted by molar-refractivity contribution is 7.99. The van der Waals surface area contributed by atoms with E-state index in [1.807, 2.05) is 31.2 Å². The third-order valence-corrected chi connectivity index (χ3v) is 3.50. The zero-order chi connectivity index (χ0) is 13.2. The molecule has 108 valence electrons. The van der Waals surface area contributed by atoms with Gasteiger partial charge in [0, 0.05) is 23.9 Å². The molecule has 0 unspecified atom stereocenters. The topological polar surface area (TPSA) is 41.1 Å². The summed E-state index contributed by atoms with van der Waals surface area (Å²) in [5, 5.41) is 6.76. The van der Waals surface area contributed by atoms with Crippen LogP contribution in [0.4, 0.5) is 0 Å². The van der Waals surface area contributed by atoms with E-state index in [1.54, 1.807) is 11.8 Å². The van der Waals surface area contributed by atoms with Crippen LogP contribution in [0.1, 0.15) is 12.5 Å². The molecule has 0 atom stereocenters. The van der Waals surface area contributed by atoms with Crippen LogP contribution in [-0.4, -0.2) is 31.3 Å². The zero-order valence-electron chi connectivity index (χ0n) is 10.9. The van der Waals surface area contributed by atoms with Crippen molar-refractivity contribution in [1.82, 2.24) is 10.6 Å². The van der Waals surface area contributed by atoms with Crippen molar-refractivity contribution in [2.24, 2.45) is 0 Å². The monoisotopic (exact) mass is 322 g/mol. The minimum atomic E-state index is 0. The lowest BCUT2D eigenvalue weighted by Gasteiger charge is -2.05. The molecule has 1 aromatic carbocycles. The van der Waals surface area contributed by atoms with Crippen LogP contribution in [0.3, 0.4) is 0 Å². The van der Waals surface area contributed by atoms with Crippen molar-refractivity contribution >= 4 is 41.7 Å². The Kier molecular flexibility index (Phi) is 11.2. The Hall–Kier alpha value is -0.420. The number of nitrogens with one attached hydrogen (secondary N) is 2. The first-order valence-corrected chi connectivity index (χ1v) is 7.55. The summed E-state index contributed by atoms with van der Waals surface area (Å²) in [6, 6.07) is 7.72. The Morgan fingerprint density at radius 1 is 1.37 bits per heavy atom. The fourth-order valence-electron chi connectivity index (χ4n) is 1.41. The summed E-state index contributed by atoms with van der Waals surface area (Å²) in [5.74, 6) is 1.37. The van der Waals surface area contributed by atoms with Crippen LogP contribution < -0.4 is 10.6 Å². The standard InChI is InChI=1S/C13H19ClN2OS.ClH/c1-2-15-6-7-16-13(17)10-18-9-11-4-3-5-12(14)8-11;/h3-5,8,15H,2,6-7,9-10H2,1H3,(H,16,17);1H. The summed E-state index contributed by atoms with van der Waals surface area (Å²) in [6.45, 7) is 4.48. The summed E-state index contributed by atoms with van der Waals surface area (Å²) >= 11 is 7.48. The van der Waals surface area contributed by atoms with Crippen LogP contribution >= 0.6 is 35.8 Å². The second kappa shape index (κ2) is 11.4. The summed E-state index contributed by atoms with van der Waals surface area (Å²) < 4.78 is 0. The fourth-order valence-corrected chi connectivity index (χ4v) is 2.42. The predicted molar refractivity (Wildman–Crippen MR) is 86.4 cm³/mol. The van der Waals surface area contributed by atoms with Crippen LogP contribution in [0.2, 0.25) is 5.02 Å². The molecule has 0 aromatic heterocycles. The molecular weight excluding hydrogens is 303 g/mol. The number of rotatable bonds is 8. The minimum absolute atomic E-state index is 0. The molecule has 2 N–H and O–H groups in total. The quantitative estimate of drug-likeness (QED) is 0.723. The van der Waals surface area contributed by atoms with Gasteiger partial charge in [0.1, 0.15) is 0 Å². The number of thioether (sulfide) groups is 1. The van der Waals surface area contributed by atoms with E-state index >= 15 is 0 Å². The SMILES string of the molecule is CCNCCNC(=O)CSCc1cccc(Cl)c1.Cl. The molecule has 1 amide bonds. The molecule has 0 radical (unpaired) electrons. The molecule has 0 aliphatic heterocycles. The van der Waals surface area contributed by atoms with Gasteiger partial charge in [-0.3, -0.25) is 4.79 Å². The van der Waals surface area contributed by atoms with E-state index in [2.05, 4.69) is 10.6 Å². The van der Waals surface area contributed by atoms with Crippen LogP contribution in [0, 0.1) is 0 Å². The molecule has 0 fully saturated rings. The smallest absolute Gasteiger partial charge is 0.230 e. The number of halogens is 2. The van der Waals surface area contributed by atoms with Gasteiger partial charge in [-0.15, -0.1) is 24.2 Å². The van der Waals surface area contributed by atoms with E-state index in [4.69, 9.17) is 11.6 Å². The van der Waals surface area contributed by atoms with Gasteiger partial charge in [0.15, 0.2) is 0 Å². The van der Waals surface area contributed by atoms with Gasteiger partial charge < -0.3 is 10.6 Å². The maximum Gasteiger partial charge on any atom is 0.230 e. The lowest BCUT2D eigenvalue weighted by atomic mass is 10.2. The summed E-state index contributed by atoms with van der Waals surface area (Å²) in [4.78, 5) is 11.5. The van der Waals surface area contributed by atoms with Gasteiger partial charge in [-0.05, 0) is 24.2 Å². The Morgan fingerprint density at radius 2 is 2.16 bits per heavy atom. The van der Waals surface area contributed by atoms with Crippen molar-refractivity contribution in [1.29, 1.82) is 0 Å². The van der Waals surface area contributed by atoms with Gasteiger partial charge in [-0.1, -0.05) is 30.7 Å². The normalized spacial score (nSPS) is 9.79. The number of likely N-dealkylation sites (N-methyl/N-ethyl adjacent to an activating group) is 1. The van der Waals surface area contributed by atoms with E-state index in [1.165, 1.54) is 0 Å². The Balaban J connectivity index is 0.00000324. The molecule has 1 rings (SSSR count). The summed E-state index contributed by atoms with van der Waals surface area (Å²) in [5.41, 5.74) is 1.15. The van der Waals surface area contributed by atoms with Crippen LogP contribution in [0.25, 0.3) is 0 Å².